The van der Waals surface area contributed by atoms with Crippen LogP contribution in [0.3, 0.4) is 0 Å². The Balaban J connectivity index is 3.17. The number of nitrogens with zero attached hydrogens (tertiary/aromatic N) is 1. The highest BCUT2D eigenvalue weighted by Gasteiger charge is 2.32. The minimum Gasteiger partial charge on any atom is -0.466 e. The number of carbonyl (C=O) groups excluding carboxylic acids is 1. The van der Waals surface area contributed by atoms with E-state index < -0.39 is 41.7 Å². The molecule has 0 atom stereocenters. The van der Waals surface area contributed by atoms with E-state index in [1.165, 1.54) is 6.92 Å². The molecule has 1 rings (SSSR count). The van der Waals surface area contributed by atoms with Gasteiger partial charge in [-0.15, -0.1) is 0 Å². The molecule has 0 spiro atoms. The predicted molar refractivity (Wildman–Crippen MR) is 78.1 cm³/mol. The van der Waals surface area contributed by atoms with Gasteiger partial charge in [-0.25, -0.2) is 0 Å². The van der Waals surface area contributed by atoms with Crippen LogP contribution in [0.4, 0.5) is 32.0 Å². The van der Waals surface area contributed by atoms with Crippen LogP contribution >= 0.6 is 0 Å². The first-order valence-corrected chi connectivity index (χ1v) is 6.88. The van der Waals surface area contributed by atoms with Gasteiger partial charge in [-0.2, -0.15) is 26.3 Å². The van der Waals surface area contributed by atoms with Gasteiger partial charge in [0, 0.05) is 0 Å². The number of carbonyl (C=O) groups is 1. The van der Waals surface area contributed by atoms with Crippen molar-refractivity contribution in [3.05, 3.63) is 41.6 Å². The van der Waals surface area contributed by atoms with Gasteiger partial charge in [-0.3, -0.25) is 9.79 Å². The highest BCUT2D eigenvalue weighted by atomic mass is 19.4. The van der Waals surface area contributed by atoms with Crippen molar-refractivity contribution >= 4 is 17.4 Å². The molecule has 1 aromatic carbocycles. The molecule has 0 aliphatic rings. The van der Waals surface area contributed by atoms with Gasteiger partial charge < -0.3 is 10.5 Å². The molecule has 0 aliphatic heterocycles. The van der Waals surface area contributed by atoms with E-state index in [0.717, 1.165) is 24.3 Å². The summed E-state index contributed by atoms with van der Waals surface area (Å²) in [5.74, 6) is -0.848. The third-order valence-corrected chi connectivity index (χ3v) is 2.75. The maximum absolute atomic E-state index is 12.5. The normalized spacial score (nSPS) is 13.7. The SMILES string of the molecule is CCOC(=O)CC(C=C(N)C(F)(F)F)=Nc1ccc(C(F)(F)F)cc1. The molecule has 4 nitrogen and oxygen atoms in total. The Morgan fingerprint density at radius 3 is 2.16 bits per heavy atom. The minimum absolute atomic E-state index is 0.00482. The summed E-state index contributed by atoms with van der Waals surface area (Å²) >= 11 is 0. The van der Waals surface area contributed by atoms with Crippen molar-refractivity contribution in [3.8, 4) is 0 Å². The van der Waals surface area contributed by atoms with Gasteiger partial charge >= 0.3 is 18.3 Å². The molecule has 0 fully saturated rings. The van der Waals surface area contributed by atoms with Crippen molar-refractivity contribution in [1.29, 1.82) is 0 Å². The Hall–Kier alpha value is -2.52. The Morgan fingerprint density at radius 2 is 1.72 bits per heavy atom. The van der Waals surface area contributed by atoms with Crippen LogP contribution in [0.1, 0.15) is 18.9 Å². The molecule has 0 aromatic heterocycles. The first kappa shape index (κ1) is 20.5. The Labute approximate surface area is 139 Å². The number of nitrogens with two attached hydrogens (primary N) is 1. The Kier molecular flexibility index (Phi) is 6.60. The zero-order chi connectivity index (χ0) is 19.3. The highest BCUT2D eigenvalue weighted by molar-refractivity contribution is 6.07. The molecule has 0 saturated carbocycles. The molecule has 10 heteroatoms. The number of benzene rings is 1. The van der Waals surface area contributed by atoms with Crippen LogP contribution < -0.4 is 5.73 Å². The number of rotatable bonds is 5. The van der Waals surface area contributed by atoms with Gasteiger partial charge in [-0.05, 0) is 37.3 Å². The molecule has 0 saturated heterocycles. The molecule has 0 radical (unpaired) electrons. The number of allylic oxidation sites excluding steroid dienone is 2. The monoisotopic (exact) mass is 368 g/mol. The van der Waals surface area contributed by atoms with Gasteiger partial charge in [0.2, 0.25) is 0 Å². The fourth-order valence-corrected chi connectivity index (χ4v) is 1.63. The summed E-state index contributed by atoms with van der Waals surface area (Å²) in [4.78, 5) is 15.2. The van der Waals surface area contributed by atoms with E-state index >= 15 is 0 Å². The first-order chi connectivity index (χ1) is 11.4. The lowest BCUT2D eigenvalue weighted by Crippen LogP contribution is -2.21. The second-order valence-electron chi connectivity index (χ2n) is 4.73. The second-order valence-corrected chi connectivity index (χ2v) is 4.73. The molecule has 0 heterocycles. The summed E-state index contributed by atoms with van der Waals surface area (Å²) in [5.41, 5.74) is 1.99. The molecule has 1 aromatic rings. The number of aliphatic imine (C=N–C) groups is 1. The smallest absolute Gasteiger partial charge is 0.430 e. The average Bonchev–Trinajstić information content (AvgIpc) is 2.45. The molecule has 2 N–H and O–H groups in total. The van der Waals surface area contributed by atoms with E-state index in [4.69, 9.17) is 5.73 Å². The van der Waals surface area contributed by atoms with Crippen LogP contribution in [0, 0.1) is 0 Å². The zero-order valence-corrected chi connectivity index (χ0v) is 12.9. The summed E-state index contributed by atoms with van der Waals surface area (Å²) in [7, 11) is 0. The van der Waals surface area contributed by atoms with Crippen molar-refractivity contribution in [2.75, 3.05) is 6.61 Å². The third-order valence-electron chi connectivity index (χ3n) is 2.75. The number of hydrogen-bond donors (Lipinski definition) is 1. The van der Waals surface area contributed by atoms with E-state index in [9.17, 15) is 31.1 Å². The summed E-state index contributed by atoms with van der Waals surface area (Å²) in [5, 5.41) is 0. The summed E-state index contributed by atoms with van der Waals surface area (Å²) in [6, 6.07) is 3.37. The summed E-state index contributed by atoms with van der Waals surface area (Å²) < 4.78 is 79.7. The summed E-state index contributed by atoms with van der Waals surface area (Å²) in [6.07, 6.45) is -9.58. The van der Waals surface area contributed by atoms with Crippen molar-refractivity contribution in [2.24, 2.45) is 10.7 Å². The van der Waals surface area contributed by atoms with Crippen LogP contribution in [-0.4, -0.2) is 24.5 Å². The van der Waals surface area contributed by atoms with E-state index in [-0.39, 0.29) is 12.3 Å². The predicted octanol–water partition coefficient (Wildman–Crippen LogP) is 4.14. The molecule has 0 amide bonds. The average molecular weight is 368 g/mol. The molecular weight excluding hydrogens is 354 g/mol. The van der Waals surface area contributed by atoms with Crippen molar-refractivity contribution in [3.63, 3.8) is 0 Å². The van der Waals surface area contributed by atoms with Gasteiger partial charge in [0.1, 0.15) is 5.70 Å². The Bertz CT molecular complexity index is 660. The maximum atomic E-state index is 12.5. The van der Waals surface area contributed by atoms with E-state index in [2.05, 4.69) is 9.73 Å². The van der Waals surface area contributed by atoms with Crippen LogP contribution in [0.5, 0.6) is 0 Å². The topological polar surface area (TPSA) is 64.7 Å². The zero-order valence-electron chi connectivity index (χ0n) is 12.9. The molecule has 0 aliphatic carbocycles. The first-order valence-electron chi connectivity index (χ1n) is 6.88. The lowest BCUT2D eigenvalue weighted by Gasteiger charge is -2.09. The van der Waals surface area contributed by atoms with Gasteiger partial charge in [-0.1, -0.05) is 0 Å². The molecular formula is C15H14F6N2O2. The lowest BCUT2D eigenvalue weighted by atomic mass is 10.2. The van der Waals surface area contributed by atoms with Crippen molar-refractivity contribution in [2.45, 2.75) is 25.7 Å². The summed E-state index contributed by atoms with van der Waals surface area (Å²) in [6.45, 7) is 1.51. The van der Waals surface area contributed by atoms with E-state index in [1.807, 2.05) is 0 Å². The quantitative estimate of drug-likeness (QED) is 0.483. The lowest BCUT2D eigenvalue weighted by molar-refractivity contribution is -0.141. The van der Waals surface area contributed by atoms with Gasteiger partial charge in [0.15, 0.2) is 0 Å². The molecule has 25 heavy (non-hydrogen) atoms. The second kappa shape index (κ2) is 8.04. The molecule has 0 unspecified atom stereocenters. The van der Waals surface area contributed by atoms with Crippen molar-refractivity contribution < 1.29 is 35.9 Å². The van der Waals surface area contributed by atoms with Crippen LogP contribution in [0.2, 0.25) is 0 Å². The number of halogens is 6. The fourth-order valence-electron chi connectivity index (χ4n) is 1.63. The van der Waals surface area contributed by atoms with E-state index in [1.54, 1.807) is 0 Å². The van der Waals surface area contributed by atoms with Gasteiger partial charge in [0.05, 0.1) is 30.0 Å². The van der Waals surface area contributed by atoms with Gasteiger partial charge in [0.25, 0.3) is 0 Å². The maximum Gasteiger partial charge on any atom is 0.430 e. The largest absolute Gasteiger partial charge is 0.466 e. The molecule has 0 bridgehead atoms. The van der Waals surface area contributed by atoms with Crippen molar-refractivity contribution in [1.82, 2.24) is 0 Å². The van der Waals surface area contributed by atoms with Crippen LogP contribution in [0.25, 0.3) is 0 Å². The number of alkyl halides is 6. The fraction of sp³-hybridized carbons (Fsp3) is 0.333. The Morgan fingerprint density at radius 1 is 1.16 bits per heavy atom. The van der Waals surface area contributed by atoms with Crippen LogP contribution in [0.15, 0.2) is 41.0 Å². The van der Waals surface area contributed by atoms with Crippen LogP contribution in [-0.2, 0) is 15.7 Å². The molecule has 138 valence electrons. The number of hydrogen-bond acceptors (Lipinski definition) is 4. The van der Waals surface area contributed by atoms with E-state index in [0.29, 0.717) is 6.08 Å². The highest BCUT2D eigenvalue weighted by Crippen LogP contribution is 2.30. The number of ether oxygens (including phenoxy) is 1. The third kappa shape index (κ3) is 6.86. The minimum atomic E-state index is -4.84. The standard InChI is InChI=1S/C15H14F6N2O2/c1-2-25-13(24)8-11(7-12(22)15(19,20)21)23-10-5-3-9(4-6-10)14(16,17)18/h3-7H,2,8,22H2,1H3. The number of esters is 1.